The number of alkyl halides is 2. The maximum absolute atomic E-state index is 13.1. The van der Waals surface area contributed by atoms with Crippen molar-refractivity contribution in [2.75, 3.05) is 11.9 Å². The second kappa shape index (κ2) is 11.2. The fraction of sp³-hybridized carbons (Fsp3) is 0.200. The number of amides is 1. The highest BCUT2D eigenvalue weighted by Gasteiger charge is 2.18. The Bertz CT molecular complexity index is 1330. The van der Waals surface area contributed by atoms with Crippen molar-refractivity contribution in [2.24, 2.45) is 0 Å². The number of aromatic nitrogens is 3. The predicted octanol–water partition coefficient (Wildman–Crippen LogP) is 5.22. The van der Waals surface area contributed by atoms with Crippen molar-refractivity contribution in [3.05, 3.63) is 88.4 Å². The van der Waals surface area contributed by atoms with Gasteiger partial charge in [-0.2, -0.15) is 8.78 Å². The van der Waals surface area contributed by atoms with E-state index in [0.29, 0.717) is 33.6 Å². The van der Waals surface area contributed by atoms with Crippen LogP contribution in [0.1, 0.15) is 26.5 Å². The Morgan fingerprint density at radius 2 is 1.75 bits per heavy atom. The molecule has 11 heteroatoms. The van der Waals surface area contributed by atoms with Gasteiger partial charge in [-0.25, -0.2) is 14.4 Å². The number of hydrogen-bond donors (Lipinski definition) is 1. The molecule has 0 atom stereocenters. The number of carbonyl (C=O) groups is 1. The number of nitrogens with one attached hydrogen (secondary N) is 1. The maximum atomic E-state index is 13.1. The Kier molecular flexibility index (Phi) is 7.79. The first-order chi connectivity index (χ1) is 17.3. The fourth-order valence-corrected chi connectivity index (χ4v) is 4.29. The van der Waals surface area contributed by atoms with Gasteiger partial charge in [0, 0.05) is 20.1 Å². The summed E-state index contributed by atoms with van der Waals surface area (Å²) in [5, 5.41) is 3.38. The zero-order chi connectivity index (χ0) is 25.7. The first-order valence-corrected chi connectivity index (χ1v) is 11.7. The van der Waals surface area contributed by atoms with Crippen LogP contribution in [0.25, 0.3) is 10.7 Å². The number of anilines is 1. The van der Waals surface area contributed by atoms with Gasteiger partial charge in [-0.05, 0) is 42.3 Å². The Labute approximate surface area is 209 Å². The normalized spacial score (nSPS) is 10.9. The number of thiazole rings is 1. The standard InChI is InChI=1S/C25H22F3N5O2S/c1-15-22(23(34)30-11-16-3-7-18(26)8-4-16)36-24(31-15)20-12-29-13-21(32-20)33(2)14-17-5-9-19(10-6-17)35-25(27)28/h3-10,12-13,25H,11,14H2,1-2H3,(H,30,34). The van der Waals surface area contributed by atoms with Gasteiger partial charge in [0.15, 0.2) is 0 Å². The molecule has 0 spiro atoms. The second-order valence-electron chi connectivity index (χ2n) is 7.88. The zero-order valence-corrected chi connectivity index (χ0v) is 20.2. The first kappa shape index (κ1) is 25.1. The second-order valence-corrected chi connectivity index (χ2v) is 8.88. The van der Waals surface area contributed by atoms with Gasteiger partial charge in [0.2, 0.25) is 0 Å². The SMILES string of the molecule is Cc1nc(-c2cncc(N(C)Cc3ccc(OC(F)F)cc3)n2)sc1C(=O)NCc1ccc(F)cc1. The van der Waals surface area contributed by atoms with Gasteiger partial charge in [0.05, 0.1) is 18.1 Å². The zero-order valence-electron chi connectivity index (χ0n) is 19.4. The van der Waals surface area contributed by atoms with Crippen LogP contribution in [-0.2, 0) is 13.1 Å². The lowest BCUT2D eigenvalue weighted by molar-refractivity contribution is -0.0498. The number of ether oxygens (including phenoxy) is 1. The van der Waals surface area contributed by atoms with E-state index in [1.165, 1.54) is 35.6 Å². The maximum Gasteiger partial charge on any atom is 0.387 e. The van der Waals surface area contributed by atoms with Crippen molar-refractivity contribution in [1.29, 1.82) is 0 Å². The highest BCUT2D eigenvalue weighted by molar-refractivity contribution is 7.17. The molecule has 0 unspecified atom stereocenters. The topological polar surface area (TPSA) is 80.2 Å². The van der Waals surface area contributed by atoms with Crippen molar-refractivity contribution in [3.8, 4) is 16.5 Å². The van der Waals surface area contributed by atoms with E-state index in [0.717, 1.165) is 11.1 Å². The van der Waals surface area contributed by atoms with Gasteiger partial charge < -0.3 is 15.0 Å². The molecule has 1 amide bonds. The molecule has 0 aliphatic rings. The van der Waals surface area contributed by atoms with Crippen molar-refractivity contribution >= 4 is 23.1 Å². The highest BCUT2D eigenvalue weighted by Crippen LogP contribution is 2.28. The van der Waals surface area contributed by atoms with Crippen LogP contribution in [0.3, 0.4) is 0 Å². The lowest BCUT2D eigenvalue weighted by Crippen LogP contribution is -2.22. The lowest BCUT2D eigenvalue weighted by Gasteiger charge is -2.18. The van der Waals surface area contributed by atoms with Gasteiger partial charge in [-0.3, -0.25) is 9.78 Å². The summed E-state index contributed by atoms with van der Waals surface area (Å²) in [5.74, 6) is 0.0610. The summed E-state index contributed by atoms with van der Waals surface area (Å²) in [7, 11) is 1.83. The summed E-state index contributed by atoms with van der Waals surface area (Å²) in [6.45, 7) is -0.396. The minimum absolute atomic E-state index is 0.0924. The summed E-state index contributed by atoms with van der Waals surface area (Å²) >= 11 is 1.21. The third-order valence-corrected chi connectivity index (χ3v) is 6.35. The van der Waals surface area contributed by atoms with E-state index in [-0.39, 0.29) is 24.0 Å². The van der Waals surface area contributed by atoms with Crippen LogP contribution in [0.4, 0.5) is 19.0 Å². The quantitative estimate of drug-likeness (QED) is 0.331. The molecule has 0 bridgehead atoms. The molecule has 0 radical (unpaired) electrons. The fourth-order valence-electron chi connectivity index (χ4n) is 3.36. The average molecular weight is 514 g/mol. The van der Waals surface area contributed by atoms with Crippen LogP contribution in [0.15, 0.2) is 60.9 Å². The van der Waals surface area contributed by atoms with Crippen molar-refractivity contribution in [3.63, 3.8) is 0 Å². The predicted molar refractivity (Wildman–Crippen MR) is 131 cm³/mol. The summed E-state index contributed by atoms with van der Waals surface area (Å²) in [6.07, 6.45) is 3.18. The summed E-state index contributed by atoms with van der Waals surface area (Å²) in [6, 6.07) is 12.3. The van der Waals surface area contributed by atoms with Crippen molar-refractivity contribution < 1.29 is 22.7 Å². The molecule has 36 heavy (non-hydrogen) atoms. The van der Waals surface area contributed by atoms with E-state index >= 15 is 0 Å². The van der Waals surface area contributed by atoms with Crippen molar-refractivity contribution in [2.45, 2.75) is 26.6 Å². The third-order valence-electron chi connectivity index (χ3n) is 5.17. The smallest absolute Gasteiger partial charge is 0.387 e. The van der Waals surface area contributed by atoms with Crippen LogP contribution in [0, 0.1) is 12.7 Å². The van der Waals surface area contributed by atoms with E-state index in [1.54, 1.807) is 43.6 Å². The summed E-state index contributed by atoms with van der Waals surface area (Å²) in [4.78, 5) is 28.4. The van der Waals surface area contributed by atoms with Crippen LogP contribution < -0.4 is 15.0 Å². The van der Waals surface area contributed by atoms with Crippen LogP contribution in [-0.4, -0.2) is 34.5 Å². The molecule has 4 rings (SSSR count). The average Bonchev–Trinajstić information content (AvgIpc) is 3.26. The van der Waals surface area contributed by atoms with Gasteiger partial charge in [0.25, 0.3) is 5.91 Å². The van der Waals surface area contributed by atoms with Gasteiger partial charge in [0.1, 0.15) is 33.0 Å². The van der Waals surface area contributed by atoms with E-state index in [2.05, 4.69) is 25.0 Å². The Morgan fingerprint density at radius 1 is 1.06 bits per heavy atom. The molecule has 0 saturated carbocycles. The monoisotopic (exact) mass is 513 g/mol. The molecule has 0 aliphatic heterocycles. The molecule has 4 aromatic rings. The summed E-state index contributed by atoms with van der Waals surface area (Å²) in [5.41, 5.74) is 2.74. The van der Waals surface area contributed by atoms with Crippen LogP contribution in [0.2, 0.25) is 0 Å². The van der Waals surface area contributed by atoms with E-state index in [4.69, 9.17) is 0 Å². The van der Waals surface area contributed by atoms with E-state index < -0.39 is 6.61 Å². The number of aryl methyl sites for hydroxylation is 1. The Balaban J connectivity index is 1.43. The van der Waals surface area contributed by atoms with Crippen LogP contribution >= 0.6 is 11.3 Å². The minimum Gasteiger partial charge on any atom is -0.435 e. The van der Waals surface area contributed by atoms with E-state index in [1.807, 2.05) is 11.9 Å². The minimum atomic E-state index is -2.87. The van der Waals surface area contributed by atoms with Gasteiger partial charge in [-0.15, -0.1) is 11.3 Å². The molecule has 0 saturated heterocycles. The Morgan fingerprint density at radius 3 is 2.44 bits per heavy atom. The molecule has 7 nitrogen and oxygen atoms in total. The number of nitrogens with zero attached hydrogens (tertiary/aromatic N) is 4. The number of rotatable bonds is 9. The molecular weight excluding hydrogens is 491 g/mol. The molecule has 2 aromatic carbocycles. The lowest BCUT2D eigenvalue weighted by atomic mass is 10.2. The number of carbonyl (C=O) groups excluding carboxylic acids is 1. The van der Waals surface area contributed by atoms with E-state index in [9.17, 15) is 18.0 Å². The van der Waals surface area contributed by atoms with Crippen molar-refractivity contribution in [1.82, 2.24) is 20.3 Å². The summed E-state index contributed by atoms with van der Waals surface area (Å²) < 4.78 is 42.1. The molecule has 2 aromatic heterocycles. The molecular formula is C25H22F3N5O2S. The molecule has 186 valence electrons. The Hall–Kier alpha value is -3.99. The van der Waals surface area contributed by atoms with Gasteiger partial charge in [-0.1, -0.05) is 24.3 Å². The largest absolute Gasteiger partial charge is 0.435 e. The molecule has 0 aliphatic carbocycles. The molecule has 0 fully saturated rings. The van der Waals surface area contributed by atoms with Crippen LogP contribution in [0.5, 0.6) is 5.75 Å². The van der Waals surface area contributed by atoms with Gasteiger partial charge >= 0.3 is 6.61 Å². The highest BCUT2D eigenvalue weighted by atomic mass is 32.1. The molecule has 1 N–H and O–H groups in total. The first-order valence-electron chi connectivity index (χ1n) is 10.9. The number of hydrogen-bond acceptors (Lipinski definition) is 7. The number of benzene rings is 2. The molecule has 2 heterocycles. The third kappa shape index (κ3) is 6.36. The number of halogens is 3.